The van der Waals surface area contributed by atoms with Gasteiger partial charge >= 0.3 is 6.18 Å². The lowest BCUT2D eigenvalue weighted by Gasteiger charge is -2.36. The third-order valence-electron chi connectivity index (χ3n) is 3.18. The highest BCUT2D eigenvalue weighted by Crippen LogP contribution is 2.44. The maximum atomic E-state index is 13.4. The average molecular weight is 374 g/mol. The van der Waals surface area contributed by atoms with Crippen LogP contribution in [0.25, 0.3) is 0 Å². The molecule has 1 aromatic carbocycles. The number of hydrogen-bond acceptors (Lipinski definition) is 3. The number of aromatic hydroxyl groups is 1. The Kier molecular flexibility index (Phi) is 4.84. The monoisotopic (exact) mass is 372 g/mol. The highest BCUT2D eigenvalue weighted by Gasteiger charge is 2.46. The van der Waals surface area contributed by atoms with E-state index in [4.69, 9.17) is 11.6 Å². The molecule has 1 aliphatic rings. The lowest BCUT2D eigenvalue weighted by Crippen LogP contribution is -2.49. The molecular formula is C12H13BrClF3N2O. The van der Waals surface area contributed by atoms with Crippen LogP contribution in [0, 0.1) is 0 Å². The molecule has 0 aromatic heterocycles. The number of nitrogens with zero attached hydrogens (tertiary/aromatic N) is 1. The first kappa shape index (κ1) is 15.9. The van der Waals surface area contributed by atoms with Crippen molar-refractivity contribution in [2.75, 3.05) is 26.2 Å². The van der Waals surface area contributed by atoms with Crippen molar-refractivity contribution in [1.29, 1.82) is 0 Å². The Hall–Kier alpha value is -0.500. The van der Waals surface area contributed by atoms with Crippen LogP contribution in [0.15, 0.2) is 16.6 Å². The summed E-state index contributed by atoms with van der Waals surface area (Å²) < 4.78 is 40.6. The van der Waals surface area contributed by atoms with Gasteiger partial charge in [0.05, 0.1) is 5.02 Å². The van der Waals surface area contributed by atoms with Crippen molar-refractivity contribution in [3.05, 3.63) is 27.2 Å². The number of hydrogen-bond donors (Lipinski definition) is 2. The van der Waals surface area contributed by atoms with Gasteiger partial charge in [0.2, 0.25) is 0 Å². The SMILES string of the molecule is Oc1c(Cl)cc(Br)cc1[C@@H](N1CCNCC1)C(F)(F)F. The summed E-state index contributed by atoms with van der Waals surface area (Å²) in [4.78, 5) is 1.30. The highest BCUT2D eigenvalue weighted by molar-refractivity contribution is 9.10. The first-order chi connectivity index (χ1) is 9.30. The van der Waals surface area contributed by atoms with Crippen molar-refractivity contribution in [1.82, 2.24) is 10.2 Å². The average Bonchev–Trinajstić information content (AvgIpc) is 2.35. The minimum Gasteiger partial charge on any atom is -0.506 e. The molecule has 20 heavy (non-hydrogen) atoms. The van der Waals surface area contributed by atoms with Gasteiger partial charge in [-0.25, -0.2) is 0 Å². The molecule has 0 saturated carbocycles. The molecule has 112 valence electrons. The molecule has 1 fully saturated rings. The maximum absolute atomic E-state index is 13.4. The normalized spacial score (nSPS) is 19.1. The van der Waals surface area contributed by atoms with E-state index in [2.05, 4.69) is 21.2 Å². The van der Waals surface area contributed by atoms with E-state index in [1.165, 1.54) is 17.0 Å². The predicted octanol–water partition coefficient (Wildman–Crippen LogP) is 3.32. The number of nitrogens with one attached hydrogen (secondary N) is 1. The van der Waals surface area contributed by atoms with E-state index in [-0.39, 0.29) is 23.7 Å². The van der Waals surface area contributed by atoms with E-state index in [9.17, 15) is 18.3 Å². The topological polar surface area (TPSA) is 35.5 Å². The minimum absolute atomic E-state index is 0.0984. The Labute approximate surface area is 127 Å². The zero-order valence-electron chi connectivity index (χ0n) is 10.3. The van der Waals surface area contributed by atoms with E-state index < -0.39 is 18.0 Å². The minimum atomic E-state index is -4.49. The van der Waals surface area contributed by atoms with Crippen LogP contribution in [0.3, 0.4) is 0 Å². The second-order valence-electron chi connectivity index (χ2n) is 4.56. The Morgan fingerprint density at radius 2 is 1.90 bits per heavy atom. The predicted molar refractivity (Wildman–Crippen MR) is 74.1 cm³/mol. The van der Waals surface area contributed by atoms with Crippen LogP contribution < -0.4 is 5.32 Å². The molecule has 0 bridgehead atoms. The Morgan fingerprint density at radius 3 is 2.45 bits per heavy atom. The molecule has 1 aliphatic heterocycles. The molecule has 8 heteroatoms. The van der Waals surface area contributed by atoms with E-state index >= 15 is 0 Å². The summed E-state index contributed by atoms with van der Waals surface area (Å²) in [6.07, 6.45) is -4.49. The summed E-state index contributed by atoms with van der Waals surface area (Å²) in [5.41, 5.74) is -0.223. The smallest absolute Gasteiger partial charge is 0.408 e. The van der Waals surface area contributed by atoms with Crippen LogP contribution in [0.5, 0.6) is 5.75 Å². The zero-order chi connectivity index (χ0) is 14.9. The van der Waals surface area contributed by atoms with Crippen molar-refractivity contribution >= 4 is 27.5 Å². The number of phenolic OH excluding ortho intramolecular Hbond substituents is 1. The highest BCUT2D eigenvalue weighted by atomic mass is 79.9. The van der Waals surface area contributed by atoms with Crippen molar-refractivity contribution in [3.63, 3.8) is 0 Å². The number of halogens is 5. The van der Waals surface area contributed by atoms with Crippen molar-refractivity contribution < 1.29 is 18.3 Å². The van der Waals surface area contributed by atoms with Crippen LogP contribution in [0.2, 0.25) is 5.02 Å². The lowest BCUT2D eigenvalue weighted by molar-refractivity contribution is -0.188. The van der Waals surface area contributed by atoms with Gasteiger partial charge in [-0.05, 0) is 12.1 Å². The van der Waals surface area contributed by atoms with Crippen LogP contribution >= 0.6 is 27.5 Å². The molecule has 1 saturated heterocycles. The van der Waals surface area contributed by atoms with Gasteiger partial charge in [0, 0.05) is 36.2 Å². The van der Waals surface area contributed by atoms with Crippen molar-refractivity contribution in [3.8, 4) is 5.75 Å². The molecule has 0 spiro atoms. The third-order valence-corrected chi connectivity index (χ3v) is 3.92. The molecule has 0 aliphatic carbocycles. The Balaban J connectivity index is 2.46. The molecular weight excluding hydrogens is 360 g/mol. The molecule has 1 atom stereocenters. The van der Waals surface area contributed by atoms with E-state index in [1.807, 2.05) is 0 Å². The summed E-state index contributed by atoms with van der Waals surface area (Å²) in [5.74, 6) is -0.518. The molecule has 0 unspecified atom stereocenters. The Morgan fingerprint density at radius 1 is 1.30 bits per heavy atom. The van der Waals surface area contributed by atoms with E-state index in [0.717, 1.165) is 0 Å². The van der Waals surface area contributed by atoms with Gasteiger partial charge in [-0.3, -0.25) is 4.90 Å². The van der Waals surface area contributed by atoms with Gasteiger partial charge in [-0.2, -0.15) is 13.2 Å². The molecule has 2 rings (SSSR count). The number of piperazine rings is 1. The van der Waals surface area contributed by atoms with E-state index in [1.54, 1.807) is 0 Å². The molecule has 1 heterocycles. The summed E-state index contributed by atoms with van der Waals surface area (Å²) in [7, 11) is 0. The van der Waals surface area contributed by atoms with E-state index in [0.29, 0.717) is 17.6 Å². The second kappa shape index (κ2) is 6.09. The van der Waals surface area contributed by atoms with Crippen LogP contribution in [0.4, 0.5) is 13.2 Å². The zero-order valence-corrected chi connectivity index (χ0v) is 12.7. The van der Waals surface area contributed by atoms with Gasteiger partial charge in [0.25, 0.3) is 0 Å². The van der Waals surface area contributed by atoms with Crippen molar-refractivity contribution in [2.45, 2.75) is 12.2 Å². The standard InChI is InChI=1S/C12H13BrClF3N2O/c13-7-5-8(10(20)9(14)6-7)11(12(15,16)17)19-3-1-18-2-4-19/h5-6,11,18,20H,1-4H2/t11-/m1/s1. The van der Waals surface area contributed by atoms with Crippen LogP contribution in [0.1, 0.15) is 11.6 Å². The molecule has 3 nitrogen and oxygen atoms in total. The van der Waals surface area contributed by atoms with Crippen LogP contribution in [-0.2, 0) is 0 Å². The fourth-order valence-electron chi connectivity index (χ4n) is 2.31. The van der Waals surface area contributed by atoms with Gasteiger partial charge in [-0.15, -0.1) is 0 Å². The summed E-state index contributed by atoms with van der Waals surface area (Å²) in [5, 5.41) is 12.8. The molecule has 0 amide bonds. The van der Waals surface area contributed by atoms with Crippen molar-refractivity contribution in [2.24, 2.45) is 0 Å². The fourth-order valence-corrected chi connectivity index (χ4v) is 3.15. The quantitative estimate of drug-likeness (QED) is 0.835. The second-order valence-corrected chi connectivity index (χ2v) is 5.88. The summed E-state index contributed by atoms with van der Waals surface area (Å²) in [6.45, 7) is 1.48. The number of alkyl halides is 3. The summed E-state index contributed by atoms with van der Waals surface area (Å²) >= 11 is 8.89. The number of phenols is 1. The first-order valence-corrected chi connectivity index (χ1v) is 7.17. The summed E-state index contributed by atoms with van der Waals surface area (Å²) in [6, 6.07) is 0.770. The van der Waals surface area contributed by atoms with Gasteiger partial charge in [0.15, 0.2) is 0 Å². The number of benzene rings is 1. The Bertz CT molecular complexity index is 492. The fraction of sp³-hybridized carbons (Fsp3) is 0.500. The lowest BCUT2D eigenvalue weighted by atomic mass is 10.0. The van der Waals surface area contributed by atoms with Gasteiger partial charge in [0.1, 0.15) is 11.8 Å². The van der Waals surface area contributed by atoms with Gasteiger partial charge < -0.3 is 10.4 Å². The molecule has 2 N–H and O–H groups in total. The molecule has 0 radical (unpaired) electrons. The molecule has 1 aromatic rings. The van der Waals surface area contributed by atoms with Gasteiger partial charge in [-0.1, -0.05) is 27.5 Å². The van der Waals surface area contributed by atoms with Crippen LogP contribution in [-0.4, -0.2) is 42.4 Å². The third kappa shape index (κ3) is 3.39. The maximum Gasteiger partial charge on any atom is 0.408 e. The number of rotatable bonds is 2. The largest absolute Gasteiger partial charge is 0.506 e. The first-order valence-electron chi connectivity index (χ1n) is 6.00.